The van der Waals surface area contributed by atoms with Crippen LogP contribution in [0.25, 0.3) is 0 Å². The number of halogens is 1. The minimum absolute atomic E-state index is 0.101. The minimum atomic E-state index is -1.59. The van der Waals surface area contributed by atoms with Crippen LogP contribution in [0, 0.1) is 5.82 Å². The molecule has 1 fully saturated rings. The normalized spacial score (nSPS) is 30.9. The molecule has 2 heterocycles. The van der Waals surface area contributed by atoms with Gasteiger partial charge in [0.05, 0.1) is 0 Å². The third-order valence-corrected chi connectivity index (χ3v) is 3.25. The maximum Gasteiger partial charge on any atom is 0.346 e. The molecule has 86 valence electrons. The van der Waals surface area contributed by atoms with Crippen molar-refractivity contribution in [3.8, 4) is 0 Å². The first-order valence-electron chi connectivity index (χ1n) is 5.51. The fraction of sp³-hybridized carbons (Fsp3) is 0.455. The Hall–Kier alpha value is -0.905. The van der Waals surface area contributed by atoms with Crippen LogP contribution in [0.2, 0.25) is 0 Å². The molecule has 2 aliphatic heterocycles. The lowest BCUT2D eigenvalue weighted by molar-refractivity contribution is 0.204. The average Bonchev–Trinajstić information content (AvgIpc) is 2.69. The molecule has 0 aromatic heterocycles. The van der Waals surface area contributed by atoms with Gasteiger partial charge >= 0.3 is 6.69 Å². The van der Waals surface area contributed by atoms with E-state index in [2.05, 4.69) is 19.1 Å². The van der Waals surface area contributed by atoms with Gasteiger partial charge in [-0.05, 0) is 26.0 Å². The van der Waals surface area contributed by atoms with Crippen molar-refractivity contribution in [1.29, 1.82) is 0 Å². The van der Waals surface area contributed by atoms with Crippen molar-refractivity contribution in [3.05, 3.63) is 29.6 Å². The van der Waals surface area contributed by atoms with E-state index < -0.39 is 6.69 Å². The summed E-state index contributed by atoms with van der Waals surface area (Å²) in [6.07, 6.45) is 0. The zero-order chi connectivity index (χ0) is 11.4. The molecule has 2 aliphatic rings. The van der Waals surface area contributed by atoms with Crippen LogP contribution in [0.1, 0.15) is 19.4 Å². The van der Waals surface area contributed by atoms with Crippen LogP contribution < -0.4 is 10.7 Å². The summed E-state index contributed by atoms with van der Waals surface area (Å²) in [4.78, 5) is 0. The van der Waals surface area contributed by atoms with Gasteiger partial charge in [-0.25, -0.2) is 4.39 Å². The molecule has 1 aromatic carbocycles. The lowest BCUT2D eigenvalue weighted by Crippen LogP contribution is -2.61. The summed E-state index contributed by atoms with van der Waals surface area (Å²) in [6, 6.07) is 4.72. The second-order valence-electron chi connectivity index (χ2n) is 5.21. The van der Waals surface area contributed by atoms with Crippen molar-refractivity contribution in [3.63, 3.8) is 0 Å². The van der Waals surface area contributed by atoms with E-state index in [0.29, 0.717) is 13.2 Å². The van der Waals surface area contributed by atoms with Crippen molar-refractivity contribution in [2.75, 3.05) is 6.61 Å². The highest BCUT2D eigenvalue weighted by Crippen LogP contribution is 2.27. The first-order chi connectivity index (χ1) is 7.51. The number of hydrogen-bond donors (Lipinski definition) is 1. The smallest absolute Gasteiger partial charge is 0.346 e. The van der Waals surface area contributed by atoms with Crippen LogP contribution >= 0.6 is 0 Å². The Morgan fingerprint density at radius 2 is 2.19 bits per heavy atom. The molecular formula is C11H14BFNO2-. The molecule has 0 amide bonds. The molecule has 5 heteroatoms. The standard InChI is InChI=1S/C11H14BFNO2/c1-11(2)7-16-12(14-11)10-4-3-9(13)5-8(10)6-15-12/h3-5,14H,6-7H2,1-2H3/q-1. The lowest BCUT2D eigenvalue weighted by atomic mass is 9.64. The summed E-state index contributed by atoms with van der Waals surface area (Å²) in [6.45, 7) is 3.55. The van der Waals surface area contributed by atoms with Crippen molar-refractivity contribution in [2.24, 2.45) is 0 Å². The molecule has 0 bridgehead atoms. The number of hydrogen-bond acceptors (Lipinski definition) is 3. The van der Waals surface area contributed by atoms with Gasteiger partial charge in [0.1, 0.15) is 5.82 Å². The molecule has 0 aliphatic carbocycles. The van der Waals surface area contributed by atoms with E-state index in [4.69, 9.17) is 9.31 Å². The predicted molar refractivity (Wildman–Crippen MR) is 59.7 cm³/mol. The van der Waals surface area contributed by atoms with E-state index in [-0.39, 0.29) is 11.4 Å². The summed E-state index contributed by atoms with van der Waals surface area (Å²) in [5.74, 6) is -0.229. The third-order valence-electron chi connectivity index (χ3n) is 3.25. The highest BCUT2D eigenvalue weighted by Gasteiger charge is 2.45. The first-order valence-corrected chi connectivity index (χ1v) is 5.51. The third kappa shape index (κ3) is 1.39. The summed E-state index contributed by atoms with van der Waals surface area (Å²) in [5, 5.41) is 3.38. The molecule has 1 spiro atoms. The monoisotopic (exact) mass is 222 g/mol. The van der Waals surface area contributed by atoms with E-state index in [1.165, 1.54) is 12.1 Å². The topological polar surface area (TPSA) is 30.5 Å². The Kier molecular flexibility index (Phi) is 1.96. The molecule has 1 unspecified atom stereocenters. The zero-order valence-electron chi connectivity index (χ0n) is 9.42. The second kappa shape index (κ2) is 3.06. The largest absolute Gasteiger partial charge is 0.550 e. The van der Waals surface area contributed by atoms with Gasteiger partial charge in [-0.2, -0.15) is 0 Å². The lowest BCUT2D eigenvalue weighted by Gasteiger charge is -2.33. The number of fused-ring (bicyclic) bond motifs is 2. The van der Waals surface area contributed by atoms with Crippen LogP contribution in [0.5, 0.6) is 0 Å². The fourth-order valence-electron chi connectivity index (χ4n) is 2.55. The van der Waals surface area contributed by atoms with Crippen LogP contribution in [-0.2, 0) is 15.9 Å². The van der Waals surface area contributed by atoms with Gasteiger partial charge in [-0.1, -0.05) is 11.6 Å². The van der Waals surface area contributed by atoms with Gasteiger partial charge < -0.3 is 14.5 Å². The quantitative estimate of drug-likeness (QED) is 0.661. The Bertz CT molecular complexity index is 452. The molecule has 1 saturated heterocycles. The molecule has 1 atom stereocenters. The van der Waals surface area contributed by atoms with Crippen molar-refractivity contribution >= 4 is 12.1 Å². The molecule has 3 rings (SSSR count). The van der Waals surface area contributed by atoms with Crippen LogP contribution in [0.4, 0.5) is 4.39 Å². The summed E-state index contributed by atoms with van der Waals surface area (Å²) >= 11 is 0. The molecule has 3 nitrogen and oxygen atoms in total. The summed E-state index contributed by atoms with van der Waals surface area (Å²) in [7, 11) is 0. The fourth-order valence-corrected chi connectivity index (χ4v) is 2.55. The Labute approximate surface area is 93.9 Å². The van der Waals surface area contributed by atoms with Gasteiger partial charge in [0.2, 0.25) is 0 Å². The first kappa shape index (κ1) is 10.3. The van der Waals surface area contributed by atoms with Gasteiger partial charge in [-0.15, -0.1) is 5.46 Å². The van der Waals surface area contributed by atoms with Crippen LogP contribution in [0.3, 0.4) is 0 Å². The molecule has 1 aromatic rings. The predicted octanol–water partition coefficient (Wildman–Crippen LogP) is 0.900. The van der Waals surface area contributed by atoms with E-state index in [9.17, 15) is 4.39 Å². The van der Waals surface area contributed by atoms with Crippen molar-refractivity contribution in [1.82, 2.24) is 5.23 Å². The molecule has 0 saturated carbocycles. The zero-order valence-corrected chi connectivity index (χ0v) is 9.42. The summed E-state index contributed by atoms with van der Waals surface area (Å²) < 4.78 is 24.6. The van der Waals surface area contributed by atoms with Gasteiger partial charge in [-0.3, -0.25) is 0 Å². The van der Waals surface area contributed by atoms with Gasteiger partial charge in [0.15, 0.2) is 0 Å². The number of rotatable bonds is 0. The molecule has 1 N–H and O–H groups in total. The number of benzene rings is 1. The SMILES string of the molecule is CC1(C)CO[B-]2(N1)OCc1cc(F)ccc12. The Morgan fingerprint density at radius 1 is 1.38 bits per heavy atom. The van der Waals surface area contributed by atoms with E-state index in [1.54, 1.807) is 6.07 Å². The van der Waals surface area contributed by atoms with Crippen molar-refractivity contribution in [2.45, 2.75) is 26.0 Å². The van der Waals surface area contributed by atoms with E-state index in [0.717, 1.165) is 11.0 Å². The second-order valence-corrected chi connectivity index (χ2v) is 5.21. The van der Waals surface area contributed by atoms with E-state index >= 15 is 0 Å². The average molecular weight is 222 g/mol. The van der Waals surface area contributed by atoms with Gasteiger partial charge in [0.25, 0.3) is 0 Å². The minimum Gasteiger partial charge on any atom is -0.550 e. The maximum absolute atomic E-state index is 13.1. The molecular weight excluding hydrogens is 208 g/mol. The van der Waals surface area contributed by atoms with Crippen LogP contribution in [-0.4, -0.2) is 18.8 Å². The Morgan fingerprint density at radius 3 is 2.88 bits per heavy atom. The van der Waals surface area contributed by atoms with Crippen LogP contribution in [0.15, 0.2) is 18.2 Å². The molecule has 0 radical (unpaired) electrons. The van der Waals surface area contributed by atoms with Crippen molar-refractivity contribution < 1.29 is 13.7 Å². The van der Waals surface area contributed by atoms with E-state index in [1.807, 2.05) is 0 Å². The molecule has 16 heavy (non-hydrogen) atoms. The maximum atomic E-state index is 13.1. The highest BCUT2D eigenvalue weighted by atomic mass is 19.1. The Balaban J connectivity index is 2.03. The number of nitrogens with one attached hydrogen (secondary N) is 1. The highest BCUT2D eigenvalue weighted by molar-refractivity contribution is 6.80. The summed E-state index contributed by atoms with van der Waals surface area (Å²) in [5.41, 5.74) is 1.73. The van der Waals surface area contributed by atoms with Gasteiger partial charge in [0, 0.05) is 18.8 Å².